The third-order valence-corrected chi connectivity index (χ3v) is 4.70. The first-order valence-electron chi connectivity index (χ1n) is 10.6. The molecule has 36 heavy (non-hydrogen) atoms. The van der Waals surface area contributed by atoms with Crippen molar-refractivity contribution < 1.29 is 44.3 Å². The average molecular weight is 494 g/mol. The second-order valence-electron chi connectivity index (χ2n) is 7.49. The van der Waals surface area contributed by atoms with E-state index in [4.69, 9.17) is 29.3 Å². The Morgan fingerprint density at radius 3 is 1.75 bits per heavy atom. The first kappa shape index (κ1) is 27.5. The van der Waals surface area contributed by atoms with Crippen LogP contribution in [-0.4, -0.2) is 45.4 Å². The largest absolute Gasteiger partial charge is 0.507 e. The number of aliphatic carboxylic acids is 2. The Morgan fingerprint density at radius 1 is 0.722 bits per heavy atom. The van der Waals surface area contributed by atoms with Crippen molar-refractivity contribution >= 4 is 39.5 Å². The minimum Gasteiger partial charge on any atom is -0.507 e. The fourth-order valence-electron chi connectivity index (χ4n) is 3.50. The zero-order valence-corrected chi connectivity index (χ0v) is 20.1. The third-order valence-electron chi connectivity index (χ3n) is 4.70. The van der Waals surface area contributed by atoms with Gasteiger partial charge in [-0.3, -0.25) is 14.4 Å². The molecule has 0 heterocycles. The van der Waals surface area contributed by atoms with Crippen LogP contribution in [0.5, 0.6) is 23.0 Å². The maximum absolute atomic E-state index is 11.2. The number of hydrogen-bond donors (Lipinski definition) is 4. The van der Waals surface area contributed by atoms with Gasteiger partial charge < -0.3 is 29.9 Å². The van der Waals surface area contributed by atoms with Crippen molar-refractivity contribution in [3.05, 3.63) is 60.7 Å². The lowest BCUT2D eigenvalue weighted by Gasteiger charge is -2.16. The lowest BCUT2D eigenvalue weighted by molar-refractivity contribution is -0.135. The summed E-state index contributed by atoms with van der Waals surface area (Å²) in [6.45, 7) is 3.52. The molecule has 4 N–H and O–H groups in total. The van der Waals surface area contributed by atoms with Crippen LogP contribution in [-0.2, 0) is 14.4 Å². The summed E-state index contributed by atoms with van der Waals surface area (Å²) >= 11 is 0. The van der Waals surface area contributed by atoms with Crippen molar-refractivity contribution in [3.63, 3.8) is 0 Å². The topological polar surface area (TPSA) is 151 Å². The summed E-state index contributed by atoms with van der Waals surface area (Å²) in [5.74, 6) is -1.21. The zero-order valence-electron chi connectivity index (χ0n) is 20.1. The number of carbonyl (C=O) groups excluding carboxylic acids is 1. The Morgan fingerprint density at radius 2 is 1.25 bits per heavy atom. The van der Waals surface area contributed by atoms with Gasteiger partial charge in [-0.1, -0.05) is 36.4 Å². The number of aromatic hydroxyl groups is 2. The SMILES string of the molecule is CC(=O)O.CC(=O)O.COc1cc2c(-c3ccc(OC(C)=O)cc3)c3ccccc3c(O)c2cc1O. The molecule has 9 heteroatoms. The molecule has 0 atom stereocenters. The van der Waals surface area contributed by atoms with E-state index in [0.717, 1.165) is 35.7 Å². The monoisotopic (exact) mass is 494 g/mol. The maximum atomic E-state index is 11.2. The highest BCUT2D eigenvalue weighted by Crippen LogP contribution is 2.46. The molecule has 0 fully saturated rings. The molecule has 0 aliphatic carbocycles. The van der Waals surface area contributed by atoms with Gasteiger partial charge in [0.25, 0.3) is 11.9 Å². The molecule has 4 rings (SSSR count). The molecule has 0 radical (unpaired) electrons. The molecule has 9 nitrogen and oxygen atoms in total. The van der Waals surface area contributed by atoms with E-state index in [1.54, 1.807) is 18.2 Å². The molecular formula is C27H26O9. The highest BCUT2D eigenvalue weighted by molar-refractivity contribution is 6.17. The molecule has 0 spiro atoms. The van der Waals surface area contributed by atoms with E-state index in [2.05, 4.69) is 0 Å². The van der Waals surface area contributed by atoms with E-state index >= 15 is 0 Å². The zero-order chi connectivity index (χ0) is 27.0. The number of esters is 1. The van der Waals surface area contributed by atoms with Crippen LogP contribution in [0.1, 0.15) is 20.8 Å². The Labute approximate surface area is 206 Å². The van der Waals surface area contributed by atoms with E-state index < -0.39 is 11.9 Å². The number of methoxy groups -OCH3 is 1. The molecule has 0 saturated heterocycles. The summed E-state index contributed by atoms with van der Waals surface area (Å²) < 4.78 is 10.4. The number of carboxylic acids is 2. The number of rotatable bonds is 3. The van der Waals surface area contributed by atoms with Gasteiger partial charge in [0.15, 0.2) is 11.5 Å². The second-order valence-corrected chi connectivity index (χ2v) is 7.49. The number of hydrogen-bond acceptors (Lipinski definition) is 7. The maximum Gasteiger partial charge on any atom is 0.308 e. The molecule has 0 aromatic heterocycles. The Kier molecular flexibility index (Phi) is 9.21. The molecule has 4 aromatic carbocycles. The second kappa shape index (κ2) is 12.1. The molecule has 0 bridgehead atoms. The predicted molar refractivity (Wildman–Crippen MR) is 135 cm³/mol. The minimum absolute atomic E-state index is 0.0447. The number of carbonyl (C=O) groups is 3. The number of phenols is 2. The van der Waals surface area contributed by atoms with E-state index in [1.807, 2.05) is 36.4 Å². The van der Waals surface area contributed by atoms with Crippen molar-refractivity contribution in [2.24, 2.45) is 0 Å². The standard InChI is InChI=1S/C23H18O5.2C2H4O2/c1-13(24)28-15-9-7-14(8-10-15)22-16-5-3-4-6-17(16)23(26)19-11-20(25)21(27-2)12-18(19)22;2*1-2(3)4/h3-12,25-26H,1-2H3;2*1H3,(H,3,4). The highest BCUT2D eigenvalue weighted by Gasteiger charge is 2.17. The summed E-state index contributed by atoms with van der Waals surface area (Å²) in [4.78, 5) is 29.2. The van der Waals surface area contributed by atoms with E-state index in [-0.39, 0.29) is 17.5 Å². The van der Waals surface area contributed by atoms with Gasteiger partial charge in [-0.15, -0.1) is 0 Å². The lowest BCUT2D eigenvalue weighted by atomic mass is 9.91. The van der Waals surface area contributed by atoms with Gasteiger partial charge in [-0.25, -0.2) is 0 Å². The number of benzene rings is 4. The molecule has 0 unspecified atom stereocenters. The van der Waals surface area contributed by atoms with Crippen molar-refractivity contribution in [2.45, 2.75) is 20.8 Å². The Balaban J connectivity index is 0.000000501. The van der Waals surface area contributed by atoms with Crippen molar-refractivity contribution in [3.8, 4) is 34.1 Å². The first-order valence-corrected chi connectivity index (χ1v) is 10.6. The van der Waals surface area contributed by atoms with Crippen LogP contribution in [0.25, 0.3) is 32.7 Å². The van der Waals surface area contributed by atoms with Crippen molar-refractivity contribution in [1.29, 1.82) is 0 Å². The molecule has 0 aliphatic heterocycles. The third kappa shape index (κ3) is 6.86. The summed E-state index contributed by atoms with van der Waals surface area (Å²) in [6, 6.07) is 17.9. The van der Waals surface area contributed by atoms with Gasteiger partial charge in [0.05, 0.1) is 7.11 Å². The first-order chi connectivity index (χ1) is 17.0. The Bertz CT molecular complexity index is 1390. The fourth-order valence-corrected chi connectivity index (χ4v) is 3.50. The van der Waals surface area contributed by atoms with Gasteiger partial charge >= 0.3 is 5.97 Å². The Hall–Kier alpha value is -4.79. The quantitative estimate of drug-likeness (QED) is 0.171. The van der Waals surface area contributed by atoms with Crippen molar-refractivity contribution in [2.75, 3.05) is 7.11 Å². The summed E-state index contributed by atoms with van der Waals surface area (Å²) in [5.41, 5.74) is 1.76. The van der Waals surface area contributed by atoms with Crippen LogP contribution < -0.4 is 9.47 Å². The van der Waals surface area contributed by atoms with Crippen LogP contribution >= 0.6 is 0 Å². The van der Waals surface area contributed by atoms with Crippen molar-refractivity contribution in [1.82, 2.24) is 0 Å². The predicted octanol–water partition coefficient (Wildman–Crippen LogP) is 5.19. The number of fused-ring (bicyclic) bond motifs is 2. The smallest absolute Gasteiger partial charge is 0.308 e. The summed E-state index contributed by atoms with van der Waals surface area (Å²) in [5, 5.41) is 38.6. The molecule has 188 valence electrons. The van der Waals surface area contributed by atoms with E-state index in [1.165, 1.54) is 20.1 Å². The van der Waals surface area contributed by atoms with Crippen LogP contribution in [0.3, 0.4) is 0 Å². The average Bonchev–Trinajstić information content (AvgIpc) is 2.79. The van der Waals surface area contributed by atoms with E-state index in [9.17, 15) is 15.0 Å². The van der Waals surface area contributed by atoms with Gasteiger partial charge in [-0.05, 0) is 46.2 Å². The highest BCUT2D eigenvalue weighted by atomic mass is 16.5. The summed E-state index contributed by atoms with van der Waals surface area (Å²) in [7, 11) is 1.48. The molecule has 0 saturated carbocycles. The molecule has 0 amide bonds. The normalized spacial score (nSPS) is 9.89. The van der Waals surface area contributed by atoms with Crippen LogP contribution in [0.2, 0.25) is 0 Å². The van der Waals surface area contributed by atoms with Gasteiger partial charge in [-0.2, -0.15) is 0 Å². The molecular weight excluding hydrogens is 468 g/mol. The number of phenolic OH excluding ortho intramolecular Hbond substituents is 2. The number of ether oxygens (including phenoxy) is 2. The minimum atomic E-state index is -0.833. The fraction of sp³-hybridized carbons (Fsp3) is 0.148. The lowest BCUT2D eigenvalue weighted by Crippen LogP contribution is -2.00. The van der Waals surface area contributed by atoms with Crippen LogP contribution in [0.15, 0.2) is 60.7 Å². The van der Waals surface area contributed by atoms with E-state index in [0.29, 0.717) is 22.3 Å². The molecule has 4 aromatic rings. The van der Waals surface area contributed by atoms with Gasteiger partial charge in [0.2, 0.25) is 0 Å². The summed E-state index contributed by atoms with van der Waals surface area (Å²) in [6.07, 6.45) is 0. The molecule has 0 aliphatic rings. The van der Waals surface area contributed by atoms with Crippen LogP contribution in [0.4, 0.5) is 0 Å². The van der Waals surface area contributed by atoms with Crippen LogP contribution in [0, 0.1) is 0 Å². The van der Waals surface area contributed by atoms with Gasteiger partial charge in [0, 0.05) is 31.5 Å². The number of carboxylic acid groups (broad SMARTS) is 2. The van der Waals surface area contributed by atoms with Gasteiger partial charge in [0.1, 0.15) is 11.5 Å².